The first-order valence-electron chi connectivity index (χ1n) is 14.9. The minimum absolute atomic E-state index is 0.0283. The first kappa shape index (κ1) is 30.0. The number of methoxy groups -OCH3 is 1. The van der Waals surface area contributed by atoms with Crippen LogP contribution in [-0.2, 0) is 11.3 Å². The zero-order valence-corrected chi connectivity index (χ0v) is 25.4. The second-order valence-corrected chi connectivity index (χ2v) is 12.2. The van der Waals surface area contributed by atoms with Crippen LogP contribution >= 0.6 is 0 Å². The summed E-state index contributed by atoms with van der Waals surface area (Å²) >= 11 is 0. The molecule has 43 heavy (non-hydrogen) atoms. The first-order valence-corrected chi connectivity index (χ1v) is 14.9. The monoisotopic (exact) mass is 584 g/mol. The maximum absolute atomic E-state index is 12.6. The van der Waals surface area contributed by atoms with Gasteiger partial charge in [-0.25, -0.2) is 9.78 Å². The van der Waals surface area contributed by atoms with E-state index in [1.54, 1.807) is 12.0 Å². The van der Waals surface area contributed by atoms with Crippen molar-refractivity contribution in [3.63, 3.8) is 0 Å². The van der Waals surface area contributed by atoms with Crippen molar-refractivity contribution in [3.05, 3.63) is 65.2 Å². The fraction of sp³-hybridized carbons (Fsp3) is 0.441. The molecule has 1 aromatic heterocycles. The van der Waals surface area contributed by atoms with Gasteiger partial charge in [0.2, 0.25) is 0 Å². The normalized spacial score (nSPS) is 15.5. The number of amides is 1. The summed E-state index contributed by atoms with van der Waals surface area (Å²) in [5.41, 5.74) is 9.37. The quantitative estimate of drug-likeness (QED) is 0.295. The number of piperidine rings is 1. The van der Waals surface area contributed by atoms with Crippen LogP contribution in [0.25, 0.3) is 11.3 Å². The largest absolute Gasteiger partial charge is 0.497 e. The van der Waals surface area contributed by atoms with Gasteiger partial charge in [0, 0.05) is 13.1 Å². The fourth-order valence-electron chi connectivity index (χ4n) is 5.24. The van der Waals surface area contributed by atoms with Crippen molar-refractivity contribution >= 4 is 11.9 Å². The highest BCUT2D eigenvalue weighted by molar-refractivity contribution is 5.77. The second kappa shape index (κ2) is 12.8. The van der Waals surface area contributed by atoms with Crippen molar-refractivity contribution in [2.24, 2.45) is 5.92 Å². The zero-order valence-electron chi connectivity index (χ0n) is 25.4. The number of nitrogens with zero attached hydrogens (tertiary/aromatic N) is 3. The highest BCUT2D eigenvalue weighted by Crippen LogP contribution is 2.42. The number of hydrogen-bond acceptors (Lipinski definition) is 8. The van der Waals surface area contributed by atoms with E-state index in [4.69, 9.17) is 24.7 Å². The highest BCUT2D eigenvalue weighted by Gasteiger charge is 2.30. The molecular formula is C34H40N4O5. The molecule has 1 aliphatic heterocycles. The number of ether oxygens (including phenoxy) is 4. The molecule has 1 amide bonds. The number of nitrogen functional groups attached to an aromatic ring is 1. The Morgan fingerprint density at radius 2 is 1.72 bits per heavy atom. The number of anilines is 1. The zero-order chi connectivity index (χ0) is 30.6. The molecule has 2 N–H and O–H groups in total. The molecule has 226 valence electrons. The van der Waals surface area contributed by atoms with Crippen LogP contribution in [-0.4, -0.2) is 48.4 Å². The van der Waals surface area contributed by atoms with Gasteiger partial charge in [-0.1, -0.05) is 18.2 Å². The van der Waals surface area contributed by atoms with E-state index in [9.17, 15) is 10.1 Å². The molecule has 1 aliphatic carbocycles. The third-order valence-electron chi connectivity index (χ3n) is 7.75. The molecule has 0 spiro atoms. The lowest BCUT2D eigenvalue weighted by Gasteiger charge is -2.34. The second-order valence-electron chi connectivity index (χ2n) is 12.2. The third-order valence-corrected chi connectivity index (χ3v) is 7.75. The molecule has 3 aromatic rings. The van der Waals surface area contributed by atoms with Crippen LogP contribution in [0.15, 0.2) is 48.5 Å². The number of nitrogens with two attached hydrogens (primary N) is 1. The number of carbonyl (C=O) groups is 1. The minimum Gasteiger partial charge on any atom is -0.497 e. The molecule has 9 nitrogen and oxygen atoms in total. The topological polar surface area (TPSA) is 120 Å². The molecule has 2 fully saturated rings. The number of nitriles is 1. The van der Waals surface area contributed by atoms with Crippen molar-refractivity contribution in [3.8, 4) is 34.6 Å². The van der Waals surface area contributed by atoms with E-state index in [0.717, 1.165) is 29.7 Å². The van der Waals surface area contributed by atoms with Gasteiger partial charge >= 0.3 is 6.09 Å². The maximum atomic E-state index is 12.6. The molecule has 2 aliphatic rings. The predicted molar refractivity (Wildman–Crippen MR) is 164 cm³/mol. The van der Waals surface area contributed by atoms with Crippen molar-refractivity contribution < 1.29 is 23.7 Å². The fourth-order valence-corrected chi connectivity index (χ4v) is 5.24. The van der Waals surface area contributed by atoms with Crippen molar-refractivity contribution in [2.75, 3.05) is 32.5 Å². The van der Waals surface area contributed by atoms with Gasteiger partial charge in [0.05, 0.1) is 30.5 Å². The Hall–Kier alpha value is -4.45. The van der Waals surface area contributed by atoms with Gasteiger partial charge in [0.15, 0.2) is 0 Å². The van der Waals surface area contributed by atoms with Gasteiger partial charge < -0.3 is 29.6 Å². The molecule has 0 radical (unpaired) electrons. The van der Waals surface area contributed by atoms with E-state index in [1.807, 2.05) is 69.3 Å². The molecule has 0 atom stereocenters. The summed E-state index contributed by atoms with van der Waals surface area (Å²) in [7, 11) is 1.64. The van der Waals surface area contributed by atoms with Gasteiger partial charge in [-0.15, -0.1) is 0 Å². The van der Waals surface area contributed by atoms with Crippen molar-refractivity contribution in [2.45, 2.75) is 64.6 Å². The summed E-state index contributed by atoms with van der Waals surface area (Å²) in [5.74, 6) is 2.82. The SMILES string of the molecule is COc1ccc(COc2cccc(OCC3CC3)c2-c2cc(C3CCN(C(=O)OC(C)(C)C)CC3)c(C#N)c(N)n2)cc1. The molecule has 9 heteroatoms. The lowest BCUT2D eigenvalue weighted by molar-refractivity contribution is 0.0204. The molecule has 0 bridgehead atoms. The van der Waals surface area contributed by atoms with Gasteiger partial charge in [0.25, 0.3) is 0 Å². The summed E-state index contributed by atoms with van der Waals surface area (Å²) in [6.45, 7) is 7.60. The molecule has 5 rings (SSSR count). The van der Waals surface area contributed by atoms with Crippen molar-refractivity contribution in [1.29, 1.82) is 5.26 Å². The van der Waals surface area contributed by atoms with E-state index in [0.29, 0.717) is 73.4 Å². The van der Waals surface area contributed by atoms with Crippen LogP contribution in [0.4, 0.5) is 10.6 Å². The summed E-state index contributed by atoms with van der Waals surface area (Å²) in [5, 5.41) is 10.1. The Labute approximate surface area is 253 Å². The van der Waals surface area contributed by atoms with Crippen LogP contribution in [0.3, 0.4) is 0 Å². The molecule has 0 unspecified atom stereocenters. The lowest BCUT2D eigenvalue weighted by atomic mass is 9.86. The summed E-state index contributed by atoms with van der Waals surface area (Å²) < 4.78 is 23.5. The number of aromatic nitrogens is 1. The Balaban J connectivity index is 1.45. The van der Waals surface area contributed by atoms with Crippen LogP contribution in [0.5, 0.6) is 17.2 Å². The molecule has 2 heterocycles. The summed E-state index contributed by atoms with van der Waals surface area (Å²) in [6, 6.07) is 17.7. The van der Waals surface area contributed by atoms with E-state index in [-0.39, 0.29) is 17.8 Å². The summed E-state index contributed by atoms with van der Waals surface area (Å²) in [6.07, 6.45) is 3.37. The Bertz CT molecular complexity index is 1480. The maximum Gasteiger partial charge on any atom is 0.410 e. The minimum atomic E-state index is -0.557. The number of carbonyl (C=O) groups excluding carboxylic acids is 1. The number of pyridine rings is 1. The van der Waals surface area contributed by atoms with Gasteiger partial charge in [-0.05, 0) is 99.7 Å². The average molecular weight is 585 g/mol. The first-order chi connectivity index (χ1) is 20.6. The third kappa shape index (κ3) is 7.50. The number of likely N-dealkylation sites (tertiary alicyclic amines) is 1. The van der Waals surface area contributed by atoms with E-state index >= 15 is 0 Å². The van der Waals surface area contributed by atoms with Crippen LogP contribution in [0.2, 0.25) is 0 Å². The predicted octanol–water partition coefficient (Wildman–Crippen LogP) is 6.69. The number of rotatable bonds is 9. The number of benzene rings is 2. The lowest BCUT2D eigenvalue weighted by Crippen LogP contribution is -2.41. The van der Waals surface area contributed by atoms with Crippen LogP contribution < -0.4 is 19.9 Å². The average Bonchev–Trinajstić information content (AvgIpc) is 3.83. The number of hydrogen-bond donors (Lipinski definition) is 1. The van der Waals surface area contributed by atoms with Crippen LogP contribution in [0, 0.1) is 17.2 Å². The Morgan fingerprint density at radius 1 is 1.05 bits per heavy atom. The van der Waals surface area contributed by atoms with Gasteiger partial charge in [0.1, 0.15) is 41.3 Å². The van der Waals surface area contributed by atoms with Gasteiger partial charge in [-0.3, -0.25) is 0 Å². The van der Waals surface area contributed by atoms with Gasteiger partial charge in [-0.2, -0.15) is 5.26 Å². The standard InChI is InChI=1S/C34H40N4O5/c1-34(2,3)43-33(39)38-16-14-24(15-17-38)26-18-28(37-32(36)27(26)19-35)31-29(41-20-22-8-9-22)6-5-7-30(31)42-21-23-10-12-25(40-4)13-11-23/h5-7,10-13,18,22,24H,8-9,14-17,20-21H2,1-4H3,(H2,36,37). The van der Waals surface area contributed by atoms with E-state index in [1.165, 1.54) is 0 Å². The van der Waals surface area contributed by atoms with Crippen molar-refractivity contribution in [1.82, 2.24) is 9.88 Å². The van der Waals surface area contributed by atoms with Crippen LogP contribution in [0.1, 0.15) is 69.1 Å². The summed E-state index contributed by atoms with van der Waals surface area (Å²) in [4.78, 5) is 19.1. The molecule has 1 saturated heterocycles. The molecular weight excluding hydrogens is 544 g/mol. The van der Waals surface area contributed by atoms with E-state index in [2.05, 4.69) is 11.1 Å². The smallest absolute Gasteiger partial charge is 0.410 e. The Morgan fingerprint density at radius 3 is 2.33 bits per heavy atom. The molecule has 1 saturated carbocycles. The Kier molecular flexibility index (Phi) is 8.95. The highest BCUT2D eigenvalue weighted by atomic mass is 16.6. The molecule has 2 aromatic carbocycles. The van der Waals surface area contributed by atoms with E-state index < -0.39 is 5.60 Å².